The molecule has 122 valence electrons. The first-order chi connectivity index (χ1) is 10.7. The summed E-state index contributed by atoms with van der Waals surface area (Å²) in [6, 6.07) is 0. The third kappa shape index (κ3) is 4.15. The normalized spacial score (nSPS) is 12.9. The summed E-state index contributed by atoms with van der Waals surface area (Å²) in [7, 11) is -0.677. The number of hydrogen-bond donors (Lipinski definition) is 0. The molecule has 2 rings (SSSR count). The monoisotopic (exact) mass is 321 g/mol. The Morgan fingerprint density at radius 1 is 1.14 bits per heavy atom. The van der Waals surface area contributed by atoms with Crippen LogP contribution < -0.4 is 0 Å². The van der Waals surface area contributed by atoms with E-state index in [1.807, 2.05) is 12.4 Å². The molecule has 22 heavy (non-hydrogen) atoms. The Morgan fingerprint density at radius 2 is 1.91 bits per heavy atom. The van der Waals surface area contributed by atoms with E-state index in [2.05, 4.69) is 30.3 Å². The number of hydrogen-bond acceptors (Lipinski definition) is 3. The van der Waals surface area contributed by atoms with E-state index in [-0.39, 0.29) is 0 Å². The van der Waals surface area contributed by atoms with Crippen molar-refractivity contribution >= 4 is 21.8 Å². The predicted octanol–water partition coefficient (Wildman–Crippen LogP) is 3.63. The van der Waals surface area contributed by atoms with Gasteiger partial charge in [0.2, 0.25) is 0 Å². The summed E-state index contributed by atoms with van der Waals surface area (Å²) in [5.74, 6) is 2.76. The molecule has 0 aliphatic carbocycles. The largest absolute Gasteiger partial charge is 0.328 e. The summed E-state index contributed by atoms with van der Waals surface area (Å²) >= 11 is 0. The molecule has 5 heteroatoms. The maximum Gasteiger partial charge on any atom is 0.109 e. The van der Waals surface area contributed by atoms with E-state index in [9.17, 15) is 4.21 Å². The summed E-state index contributed by atoms with van der Waals surface area (Å²) in [6.07, 6.45) is 8.93. The van der Waals surface area contributed by atoms with E-state index in [4.69, 9.17) is 4.98 Å². The van der Waals surface area contributed by atoms with Crippen LogP contribution in [0.4, 0.5) is 0 Å². The highest BCUT2D eigenvalue weighted by Gasteiger charge is 2.12. The second kappa shape index (κ2) is 8.42. The van der Waals surface area contributed by atoms with Crippen LogP contribution in [0.25, 0.3) is 11.0 Å². The number of nitrogens with zero attached hydrogens (tertiary/aromatic N) is 3. The van der Waals surface area contributed by atoms with Gasteiger partial charge in [0, 0.05) is 41.5 Å². The Labute approximate surface area is 135 Å². The highest BCUT2D eigenvalue weighted by Crippen LogP contribution is 2.20. The summed E-state index contributed by atoms with van der Waals surface area (Å²) in [4.78, 5) is 8.98. The predicted molar refractivity (Wildman–Crippen MR) is 93.7 cm³/mol. The molecule has 1 unspecified atom stereocenters. The lowest BCUT2D eigenvalue weighted by Gasteiger charge is -2.10. The van der Waals surface area contributed by atoms with Crippen LogP contribution in [0.5, 0.6) is 0 Å². The molecular formula is C17H27N3OS. The molecule has 0 spiro atoms. The highest BCUT2D eigenvalue weighted by atomic mass is 32.2. The molecule has 0 radical (unpaired) electrons. The molecule has 0 saturated carbocycles. The number of fused-ring (bicyclic) bond motifs is 1. The standard InChI is InChI=1S/C17H27N3OS/c1-4-6-10-22(21)11-7-9-20-16(8-5-2)19-15-13-18-12-14(3)17(15)20/h12-13H,4-11H2,1-3H3. The molecule has 0 fully saturated rings. The third-order valence-corrected chi connectivity index (χ3v) is 5.35. The van der Waals surface area contributed by atoms with Crippen LogP contribution >= 0.6 is 0 Å². The van der Waals surface area contributed by atoms with Crippen LogP contribution in [0, 0.1) is 6.92 Å². The number of pyridine rings is 1. The Morgan fingerprint density at radius 3 is 2.64 bits per heavy atom. The summed E-state index contributed by atoms with van der Waals surface area (Å²) in [6.45, 7) is 7.30. The lowest BCUT2D eigenvalue weighted by Crippen LogP contribution is -2.09. The third-order valence-electron chi connectivity index (χ3n) is 3.87. The molecular weight excluding hydrogens is 294 g/mol. The molecule has 0 amide bonds. The molecule has 2 aromatic rings. The molecule has 1 atom stereocenters. The molecule has 0 bridgehead atoms. The maximum absolute atomic E-state index is 11.9. The minimum absolute atomic E-state index is 0.677. The van der Waals surface area contributed by atoms with Crippen molar-refractivity contribution < 1.29 is 4.21 Å². The Hall–Kier alpha value is -1.23. The van der Waals surface area contributed by atoms with Gasteiger partial charge in [-0.3, -0.25) is 9.19 Å². The van der Waals surface area contributed by atoms with E-state index >= 15 is 0 Å². The molecule has 2 aromatic heterocycles. The average Bonchev–Trinajstić information content (AvgIpc) is 2.85. The van der Waals surface area contributed by atoms with Gasteiger partial charge >= 0.3 is 0 Å². The molecule has 0 N–H and O–H groups in total. The van der Waals surface area contributed by atoms with Crippen molar-refractivity contribution in [3.8, 4) is 0 Å². The van der Waals surface area contributed by atoms with Crippen LogP contribution in [0.3, 0.4) is 0 Å². The number of rotatable bonds is 9. The van der Waals surface area contributed by atoms with Gasteiger partial charge in [-0.15, -0.1) is 0 Å². The van der Waals surface area contributed by atoms with Gasteiger partial charge in [-0.2, -0.15) is 0 Å². The lowest BCUT2D eigenvalue weighted by atomic mass is 10.2. The first kappa shape index (κ1) is 17.1. The second-order valence-electron chi connectivity index (χ2n) is 5.81. The van der Waals surface area contributed by atoms with Gasteiger partial charge in [0.05, 0.1) is 11.7 Å². The number of aryl methyl sites for hydroxylation is 3. The lowest BCUT2D eigenvalue weighted by molar-refractivity contribution is 0.637. The van der Waals surface area contributed by atoms with Gasteiger partial charge in [-0.25, -0.2) is 4.98 Å². The Bertz CT molecular complexity index is 636. The zero-order chi connectivity index (χ0) is 15.9. The van der Waals surface area contributed by atoms with Gasteiger partial charge in [0.25, 0.3) is 0 Å². The van der Waals surface area contributed by atoms with Gasteiger partial charge in [-0.1, -0.05) is 20.3 Å². The van der Waals surface area contributed by atoms with Crippen molar-refractivity contribution in [2.24, 2.45) is 0 Å². The van der Waals surface area contributed by atoms with Gasteiger partial charge < -0.3 is 4.57 Å². The molecule has 4 nitrogen and oxygen atoms in total. The van der Waals surface area contributed by atoms with Crippen molar-refractivity contribution in [1.82, 2.24) is 14.5 Å². The van der Waals surface area contributed by atoms with Crippen molar-refractivity contribution in [3.63, 3.8) is 0 Å². The van der Waals surface area contributed by atoms with Crippen LogP contribution in [-0.2, 0) is 23.8 Å². The minimum Gasteiger partial charge on any atom is -0.328 e. The fraction of sp³-hybridized carbons (Fsp3) is 0.647. The number of aromatic nitrogens is 3. The highest BCUT2D eigenvalue weighted by molar-refractivity contribution is 7.84. The van der Waals surface area contributed by atoms with Crippen molar-refractivity contribution in [1.29, 1.82) is 0 Å². The molecule has 0 saturated heterocycles. The van der Waals surface area contributed by atoms with Crippen LogP contribution in [0.2, 0.25) is 0 Å². The van der Waals surface area contributed by atoms with Crippen LogP contribution in [0.1, 0.15) is 50.9 Å². The minimum atomic E-state index is -0.677. The fourth-order valence-corrected chi connectivity index (χ4v) is 4.02. The zero-order valence-corrected chi connectivity index (χ0v) is 14.8. The van der Waals surface area contributed by atoms with E-state index in [0.29, 0.717) is 0 Å². The summed E-state index contributed by atoms with van der Waals surface area (Å²) < 4.78 is 14.3. The quantitative estimate of drug-likeness (QED) is 0.708. The van der Waals surface area contributed by atoms with E-state index in [0.717, 1.165) is 61.5 Å². The molecule has 0 aliphatic rings. The average molecular weight is 321 g/mol. The van der Waals surface area contributed by atoms with Crippen LogP contribution in [0.15, 0.2) is 12.4 Å². The Balaban J connectivity index is 2.11. The van der Waals surface area contributed by atoms with Gasteiger partial charge in [0.15, 0.2) is 0 Å². The Kier molecular flexibility index (Phi) is 6.55. The maximum atomic E-state index is 11.9. The zero-order valence-electron chi connectivity index (χ0n) is 14.0. The topological polar surface area (TPSA) is 47.8 Å². The second-order valence-corrected chi connectivity index (χ2v) is 7.51. The van der Waals surface area contributed by atoms with Crippen molar-refractivity contribution in [2.75, 3.05) is 11.5 Å². The van der Waals surface area contributed by atoms with Gasteiger partial charge in [0.1, 0.15) is 11.3 Å². The first-order valence-corrected chi connectivity index (χ1v) is 9.80. The summed E-state index contributed by atoms with van der Waals surface area (Å²) in [5.41, 5.74) is 3.34. The summed E-state index contributed by atoms with van der Waals surface area (Å²) in [5, 5.41) is 0. The SMILES string of the molecule is CCCCS(=O)CCCn1c(CCC)nc2cncc(C)c21. The number of unbranched alkanes of at least 4 members (excludes halogenated alkanes) is 1. The van der Waals surface area contributed by atoms with E-state index in [1.54, 1.807) is 0 Å². The fourth-order valence-electron chi connectivity index (χ4n) is 2.75. The van der Waals surface area contributed by atoms with Crippen molar-refractivity contribution in [3.05, 3.63) is 23.8 Å². The van der Waals surface area contributed by atoms with Crippen LogP contribution in [-0.4, -0.2) is 30.2 Å². The van der Waals surface area contributed by atoms with E-state index < -0.39 is 10.8 Å². The van der Waals surface area contributed by atoms with Crippen molar-refractivity contribution in [2.45, 2.75) is 59.4 Å². The number of imidazole rings is 1. The molecule has 2 heterocycles. The smallest absolute Gasteiger partial charge is 0.109 e. The first-order valence-electron chi connectivity index (χ1n) is 8.32. The molecule has 0 aliphatic heterocycles. The molecule has 0 aromatic carbocycles. The van der Waals surface area contributed by atoms with Gasteiger partial charge in [-0.05, 0) is 31.7 Å². The van der Waals surface area contributed by atoms with E-state index in [1.165, 1.54) is 11.1 Å².